The number of nitrogens with zero attached hydrogens (tertiary/aromatic N) is 1. The molecule has 3 aliphatic carbocycles. The highest BCUT2D eigenvalue weighted by atomic mass is 16.2. The summed E-state index contributed by atoms with van der Waals surface area (Å²) in [5, 5.41) is 0. The quantitative estimate of drug-likeness (QED) is 0.513. The van der Waals surface area contributed by atoms with Gasteiger partial charge in [0.1, 0.15) is 0 Å². The van der Waals surface area contributed by atoms with Gasteiger partial charge in [-0.15, -0.1) is 0 Å². The minimum absolute atomic E-state index is 0.269. The molecule has 2 heteroatoms. The predicted octanol–water partition coefficient (Wildman–Crippen LogP) is 6.86. The third kappa shape index (κ3) is 3.37. The second-order valence-corrected chi connectivity index (χ2v) is 10.9. The van der Waals surface area contributed by atoms with Crippen LogP contribution in [-0.2, 0) is 4.79 Å². The fourth-order valence-corrected chi connectivity index (χ4v) is 7.20. The molecule has 1 aromatic carbocycles. The molecule has 0 bridgehead atoms. The first-order chi connectivity index (χ1) is 13.8. The lowest BCUT2D eigenvalue weighted by molar-refractivity contribution is -0.141. The Morgan fingerprint density at radius 2 is 1.83 bits per heavy atom. The standard InChI is InChI=1S/C27H39NO/c1-19(2)20-12-14-23-21(18-20)13-15-24-26(23,3)16-9-17-27(24,4)25(29)28(5)22-10-7-6-8-11-22/h6-8,10-11,13,19-20,23-24H,9,12,14-18H2,1-5H3/t20?,23-,24?,26+,27+/m0/s1. The monoisotopic (exact) mass is 393 g/mol. The Morgan fingerprint density at radius 1 is 1.10 bits per heavy atom. The Balaban J connectivity index is 1.63. The van der Waals surface area contributed by atoms with Crippen molar-refractivity contribution in [1.82, 2.24) is 0 Å². The predicted molar refractivity (Wildman–Crippen MR) is 122 cm³/mol. The minimum Gasteiger partial charge on any atom is -0.315 e. The Hall–Kier alpha value is -1.57. The van der Waals surface area contributed by atoms with Crippen LogP contribution in [0.1, 0.15) is 72.6 Å². The molecule has 5 atom stereocenters. The molecule has 29 heavy (non-hydrogen) atoms. The zero-order valence-electron chi connectivity index (χ0n) is 19.1. The van der Waals surface area contributed by atoms with Gasteiger partial charge in [-0.05, 0) is 79.7 Å². The van der Waals surface area contributed by atoms with Gasteiger partial charge in [0.2, 0.25) is 5.91 Å². The van der Waals surface area contributed by atoms with Crippen molar-refractivity contribution in [3.05, 3.63) is 42.0 Å². The summed E-state index contributed by atoms with van der Waals surface area (Å²) < 4.78 is 0. The van der Waals surface area contributed by atoms with Crippen LogP contribution >= 0.6 is 0 Å². The Morgan fingerprint density at radius 3 is 2.52 bits per heavy atom. The molecular formula is C27H39NO. The number of para-hydroxylation sites is 1. The first-order valence-electron chi connectivity index (χ1n) is 11.8. The summed E-state index contributed by atoms with van der Waals surface area (Å²) >= 11 is 0. The molecule has 2 fully saturated rings. The molecule has 1 amide bonds. The van der Waals surface area contributed by atoms with Gasteiger partial charge in [-0.25, -0.2) is 0 Å². The van der Waals surface area contributed by atoms with Crippen molar-refractivity contribution in [2.45, 2.75) is 72.6 Å². The summed E-state index contributed by atoms with van der Waals surface area (Å²) in [5.41, 5.74) is 2.73. The molecule has 2 nitrogen and oxygen atoms in total. The maximum absolute atomic E-state index is 13.8. The van der Waals surface area contributed by atoms with Crippen molar-refractivity contribution in [3.8, 4) is 0 Å². The van der Waals surface area contributed by atoms with Crippen molar-refractivity contribution in [2.24, 2.45) is 34.5 Å². The highest BCUT2D eigenvalue weighted by Gasteiger charge is 2.58. The van der Waals surface area contributed by atoms with E-state index in [1.807, 2.05) is 30.1 Å². The number of allylic oxidation sites excluding steroid dienone is 2. The van der Waals surface area contributed by atoms with E-state index in [1.54, 1.807) is 5.57 Å². The molecule has 0 radical (unpaired) electrons. The van der Waals surface area contributed by atoms with E-state index >= 15 is 0 Å². The van der Waals surface area contributed by atoms with E-state index in [9.17, 15) is 4.79 Å². The van der Waals surface area contributed by atoms with Crippen LogP contribution in [0, 0.1) is 34.5 Å². The van der Waals surface area contributed by atoms with Crippen LogP contribution in [0.25, 0.3) is 0 Å². The fraction of sp³-hybridized carbons (Fsp3) is 0.667. The Kier molecular flexibility index (Phi) is 5.42. The number of rotatable bonds is 3. The summed E-state index contributed by atoms with van der Waals surface area (Å²) in [6.07, 6.45) is 11.1. The number of carbonyl (C=O) groups excluding carboxylic acids is 1. The van der Waals surface area contributed by atoms with Crippen LogP contribution < -0.4 is 4.90 Å². The first kappa shape index (κ1) is 20.7. The highest BCUT2D eigenvalue weighted by molar-refractivity contribution is 5.97. The van der Waals surface area contributed by atoms with Crippen molar-refractivity contribution < 1.29 is 4.79 Å². The molecule has 0 heterocycles. The molecule has 3 aliphatic rings. The van der Waals surface area contributed by atoms with Crippen LogP contribution in [0.2, 0.25) is 0 Å². The normalized spacial score (nSPS) is 36.8. The van der Waals surface area contributed by atoms with Gasteiger partial charge in [-0.3, -0.25) is 4.79 Å². The molecule has 1 aromatic rings. The number of carbonyl (C=O) groups is 1. The average molecular weight is 394 g/mol. The van der Waals surface area contributed by atoms with Crippen LogP contribution in [0.15, 0.2) is 42.0 Å². The van der Waals surface area contributed by atoms with Gasteiger partial charge in [-0.2, -0.15) is 0 Å². The van der Waals surface area contributed by atoms with Gasteiger partial charge in [0.15, 0.2) is 0 Å². The third-order valence-electron chi connectivity index (χ3n) is 9.04. The molecule has 0 saturated heterocycles. The molecular weight excluding hydrogens is 354 g/mol. The lowest BCUT2D eigenvalue weighted by Gasteiger charge is -2.59. The number of hydrogen-bond acceptors (Lipinski definition) is 1. The van der Waals surface area contributed by atoms with E-state index in [4.69, 9.17) is 0 Å². The van der Waals surface area contributed by atoms with E-state index < -0.39 is 0 Å². The van der Waals surface area contributed by atoms with Crippen LogP contribution in [0.3, 0.4) is 0 Å². The summed E-state index contributed by atoms with van der Waals surface area (Å²) in [5.74, 6) is 3.07. The van der Waals surface area contributed by atoms with E-state index in [0.29, 0.717) is 17.7 Å². The lowest BCUT2D eigenvalue weighted by Crippen LogP contribution is -2.56. The van der Waals surface area contributed by atoms with Gasteiger partial charge in [0.05, 0.1) is 5.41 Å². The van der Waals surface area contributed by atoms with Crippen LogP contribution in [0.4, 0.5) is 5.69 Å². The van der Waals surface area contributed by atoms with Crippen molar-refractivity contribution in [1.29, 1.82) is 0 Å². The zero-order chi connectivity index (χ0) is 20.8. The molecule has 158 valence electrons. The highest BCUT2D eigenvalue weighted by Crippen LogP contribution is 2.63. The maximum Gasteiger partial charge on any atom is 0.232 e. The zero-order valence-corrected chi connectivity index (χ0v) is 19.1. The lowest BCUT2D eigenvalue weighted by atomic mass is 9.46. The van der Waals surface area contributed by atoms with Crippen molar-refractivity contribution in [2.75, 3.05) is 11.9 Å². The van der Waals surface area contributed by atoms with Crippen molar-refractivity contribution in [3.63, 3.8) is 0 Å². The Bertz CT molecular complexity index is 781. The molecule has 0 aliphatic heterocycles. The summed E-state index contributed by atoms with van der Waals surface area (Å²) in [7, 11) is 1.97. The fourth-order valence-electron chi connectivity index (χ4n) is 7.20. The largest absolute Gasteiger partial charge is 0.315 e. The molecule has 2 saturated carbocycles. The molecule has 4 rings (SSSR count). The summed E-state index contributed by atoms with van der Waals surface area (Å²) in [4.78, 5) is 15.7. The summed E-state index contributed by atoms with van der Waals surface area (Å²) in [6, 6.07) is 10.2. The van der Waals surface area contributed by atoms with Crippen LogP contribution in [0.5, 0.6) is 0 Å². The molecule has 2 unspecified atom stereocenters. The van der Waals surface area contributed by atoms with E-state index in [1.165, 1.54) is 32.1 Å². The second kappa shape index (κ2) is 7.60. The topological polar surface area (TPSA) is 20.3 Å². The number of hydrogen-bond donors (Lipinski definition) is 0. The Labute approximate surface area is 177 Å². The second-order valence-electron chi connectivity index (χ2n) is 10.9. The number of benzene rings is 1. The third-order valence-corrected chi connectivity index (χ3v) is 9.04. The number of fused-ring (bicyclic) bond motifs is 3. The maximum atomic E-state index is 13.8. The minimum atomic E-state index is -0.269. The van der Waals surface area contributed by atoms with E-state index in [0.717, 1.165) is 30.4 Å². The van der Waals surface area contributed by atoms with Crippen LogP contribution in [-0.4, -0.2) is 13.0 Å². The molecule has 0 aromatic heterocycles. The van der Waals surface area contributed by atoms with E-state index in [2.05, 4.69) is 45.9 Å². The number of amides is 1. The van der Waals surface area contributed by atoms with E-state index in [-0.39, 0.29) is 10.8 Å². The van der Waals surface area contributed by atoms with Gasteiger partial charge in [0, 0.05) is 12.7 Å². The average Bonchev–Trinajstić information content (AvgIpc) is 2.72. The molecule has 0 spiro atoms. The van der Waals surface area contributed by atoms with Gasteiger partial charge in [0.25, 0.3) is 0 Å². The van der Waals surface area contributed by atoms with Gasteiger partial charge < -0.3 is 4.90 Å². The first-order valence-corrected chi connectivity index (χ1v) is 11.8. The summed E-state index contributed by atoms with van der Waals surface area (Å²) in [6.45, 7) is 9.57. The van der Waals surface area contributed by atoms with Crippen molar-refractivity contribution >= 4 is 11.6 Å². The smallest absolute Gasteiger partial charge is 0.232 e. The van der Waals surface area contributed by atoms with Gasteiger partial charge >= 0.3 is 0 Å². The SMILES string of the molecule is CC(C)C1CC[C@H]2C(=CCC3[C@](C)(C(=O)N(C)c4ccccc4)CCC[C@@]32C)C1. The number of anilines is 1. The molecule has 0 N–H and O–H groups in total. The van der Waals surface area contributed by atoms with Gasteiger partial charge in [-0.1, -0.05) is 64.0 Å².